The first-order valence-corrected chi connectivity index (χ1v) is 7.02. The number of thiophene rings is 1. The second-order valence-electron chi connectivity index (χ2n) is 4.57. The third kappa shape index (κ3) is 1.53. The van der Waals surface area contributed by atoms with Crippen molar-refractivity contribution in [2.45, 2.75) is 0 Å². The van der Waals surface area contributed by atoms with Gasteiger partial charge in [0.25, 0.3) is 0 Å². The van der Waals surface area contributed by atoms with E-state index in [4.69, 9.17) is 5.73 Å². The lowest BCUT2D eigenvalue weighted by atomic mass is 10.1. The van der Waals surface area contributed by atoms with E-state index in [1.807, 2.05) is 23.6 Å². The van der Waals surface area contributed by atoms with Gasteiger partial charge in [0, 0.05) is 27.2 Å². The van der Waals surface area contributed by atoms with Gasteiger partial charge in [-0.1, -0.05) is 18.2 Å². The van der Waals surface area contributed by atoms with Crippen LogP contribution in [0.1, 0.15) is 0 Å². The molecule has 0 saturated carbocycles. The van der Waals surface area contributed by atoms with Crippen molar-refractivity contribution in [1.29, 1.82) is 0 Å². The van der Waals surface area contributed by atoms with Crippen LogP contribution in [0.25, 0.3) is 27.0 Å². The first-order valence-electron chi connectivity index (χ1n) is 6.14. The van der Waals surface area contributed by atoms with Crippen LogP contribution in [0.3, 0.4) is 0 Å². The van der Waals surface area contributed by atoms with Crippen LogP contribution in [0.4, 0.5) is 10.2 Å². The van der Waals surface area contributed by atoms with Gasteiger partial charge in [0.2, 0.25) is 0 Å². The lowest BCUT2D eigenvalue weighted by molar-refractivity contribution is 0.619. The zero-order valence-corrected chi connectivity index (χ0v) is 11.2. The summed E-state index contributed by atoms with van der Waals surface area (Å²) in [5.41, 5.74) is 8.47. The summed E-state index contributed by atoms with van der Waals surface area (Å²) in [7, 11) is 0. The number of hydrogen-bond acceptors (Lipinski definition) is 3. The van der Waals surface area contributed by atoms with E-state index in [1.54, 1.807) is 21.8 Å². The van der Waals surface area contributed by atoms with Crippen LogP contribution in [0, 0.1) is 5.82 Å². The average molecular weight is 283 g/mol. The third-order valence-corrected chi connectivity index (χ3v) is 4.32. The molecule has 3 heterocycles. The molecule has 0 saturated heterocycles. The summed E-state index contributed by atoms with van der Waals surface area (Å²) in [6.45, 7) is 0. The topological polar surface area (TPSA) is 43.3 Å². The van der Waals surface area contributed by atoms with Crippen molar-refractivity contribution in [2.24, 2.45) is 0 Å². The Morgan fingerprint density at radius 3 is 2.90 bits per heavy atom. The summed E-state index contributed by atoms with van der Waals surface area (Å²) in [5, 5.41) is 3.16. The number of nitrogens with two attached hydrogens (primary N) is 1. The van der Waals surface area contributed by atoms with Gasteiger partial charge < -0.3 is 5.73 Å². The number of fused-ring (bicyclic) bond motifs is 2. The van der Waals surface area contributed by atoms with Crippen molar-refractivity contribution in [3.8, 4) is 11.3 Å². The molecule has 0 aliphatic carbocycles. The van der Waals surface area contributed by atoms with Crippen LogP contribution in [0.5, 0.6) is 0 Å². The maximum atomic E-state index is 13.3. The monoisotopic (exact) mass is 283 g/mol. The largest absolute Gasteiger partial charge is 0.383 e. The molecular formula is C15H10FN3S. The van der Waals surface area contributed by atoms with E-state index < -0.39 is 0 Å². The van der Waals surface area contributed by atoms with Gasteiger partial charge in [0.1, 0.15) is 23.0 Å². The normalized spacial score (nSPS) is 11.4. The zero-order chi connectivity index (χ0) is 13.7. The number of rotatable bonds is 1. The third-order valence-electron chi connectivity index (χ3n) is 3.36. The molecule has 0 fully saturated rings. The first-order chi connectivity index (χ1) is 9.74. The minimum absolute atomic E-state index is 0.330. The summed E-state index contributed by atoms with van der Waals surface area (Å²) in [4.78, 5) is 4.52. The van der Waals surface area contributed by atoms with Crippen LogP contribution >= 0.6 is 11.3 Å². The lowest BCUT2D eigenvalue weighted by Crippen LogP contribution is -1.94. The Balaban J connectivity index is 2.05. The summed E-state index contributed by atoms with van der Waals surface area (Å²) in [6, 6.07) is 11.1. The van der Waals surface area contributed by atoms with Crippen molar-refractivity contribution in [2.75, 3.05) is 5.73 Å². The van der Waals surface area contributed by atoms with Crippen molar-refractivity contribution < 1.29 is 4.39 Å². The van der Waals surface area contributed by atoms with Gasteiger partial charge in [0.15, 0.2) is 0 Å². The predicted octanol–water partition coefficient (Wildman–Crippen LogP) is 3.94. The lowest BCUT2D eigenvalue weighted by Gasteiger charge is -1.98. The molecule has 2 N–H and O–H groups in total. The van der Waals surface area contributed by atoms with E-state index in [0.29, 0.717) is 17.2 Å². The fourth-order valence-electron chi connectivity index (χ4n) is 2.40. The predicted molar refractivity (Wildman–Crippen MR) is 80.4 cm³/mol. The molecule has 0 amide bonds. The molecule has 0 unspecified atom stereocenters. The summed E-state index contributed by atoms with van der Waals surface area (Å²) >= 11 is 1.65. The highest BCUT2D eigenvalue weighted by Gasteiger charge is 2.15. The molecule has 0 atom stereocenters. The summed E-state index contributed by atoms with van der Waals surface area (Å²) in [5.74, 6) is 0.131. The molecule has 0 spiro atoms. The molecule has 3 aromatic heterocycles. The average Bonchev–Trinajstić information content (AvgIpc) is 3.01. The molecule has 5 heteroatoms. The number of nitrogen functional groups attached to an aromatic ring is 1. The molecule has 98 valence electrons. The van der Waals surface area contributed by atoms with Crippen molar-refractivity contribution in [3.05, 3.63) is 53.8 Å². The number of imidazole rings is 1. The maximum Gasteiger partial charge on any atom is 0.140 e. The maximum absolute atomic E-state index is 13.3. The summed E-state index contributed by atoms with van der Waals surface area (Å²) in [6.07, 6.45) is 1.36. The van der Waals surface area contributed by atoms with Gasteiger partial charge in [-0.05, 0) is 18.2 Å². The number of benzene rings is 1. The highest BCUT2D eigenvalue weighted by Crippen LogP contribution is 2.36. The van der Waals surface area contributed by atoms with Crippen molar-refractivity contribution in [1.82, 2.24) is 9.38 Å². The fraction of sp³-hybridized carbons (Fsp3) is 0. The first kappa shape index (κ1) is 11.4. The number of nitrogens with zero attached hydrogens (tertiary/aromatic N) is 2. The number of hydrogen-bond donors (Lipinski definition) is 1. The number of halogens is 1. The Labute approximate surface area is 118 Å². The van der Waals surface area contributed by atoms with E-state index in [1.165, 1.54) is 17.0 Å². The van der Waals surface area contributed by atoms with Gasteiger partial charge in [-0.25, -0.2) is 9.37 Å². The molecule has 4 rings (SSSR count). The Hall–Kier alpha value is -2.40. The van der Waals surface area contributed by atoms with Crippen molar-refractivity contribution in [3.63, 3.8) is 0 Å². The van der Waals surface area contributed by atoms with Gasteiger partial charge >= 0.3 is 0 Å². The van der Waals surface area contributed by atoms with E-state index in [0.717, 1.165) is 10.9 Å². The number of anilines is 1. The van der Waals surface area contributed by atoms with Crippen LogP contribution < -0.4 is 5.73 Å². The fourth-order valence-corrected chi connectivity index (χ4v) is 3.34. The zero-order valence-electron chi connectivity index (χ0n) is 10.4. The van der Waals surface area contributed by atoms with Crippen LogP contribution in [-0.2, 0) is 0 Å². The second-order valence-corrected chi connectivity index (χ2v) is 5.48. The molecule has 1 aromatic carbocycles. The minimum Gasteiger partial charge on any atom is -0.383 e. The Bertz CT molecular complexity index is 939. The Morgan fingerprint density at radius 2 is 2.00 bits per heavy atom. The molecule has 4 aromatic rings. The van der Waals surface area contributed by atoms with E-state index in [2.05, 4.69) is 11.1 Å². The molecule has 0 bridgehead atoms. The van der Waals surface area contributed by atoms with Gasteiger partial charge in [-0.2, -0.15) is 0 Å². The molecule has 0 aliphatic rings. The van der Waals surface area contributed by atoms with Crippen LogP contribution in [-0.4, -0.2) is 9.38 Å². The van der Waals surface area contributed by atoms with Crippen molar-refractivity contribution >= 4 is 32.9 Å². The molecule has 0 radical (unpaired) electrons. The smallest absolute Gasteiger partial charge is 0.140 e. The standard InChI is InChI=1S/C15H10FN3S/c16-9-5-6-13-18-14(15(17)19(13)7-9)11-8-20-12-4-2-1-3-10(11)12/h1-8H,17H2. The molecule has 0 aliphatic heterocycles. The quantitative estimate of drug-likeness (QED) is 0.575. The molecule has 20 heavy (non-hydrogen) atoms. The molecule has 3 nitrogen and oxygen atoms in total. The number of pyridine rings is 1. The minimum atomic E-state index is -0.330. The van der Waals surface area contributed by atoms with Gasteiger partial charge in [0.05, 0.1) is 0 Å². The number of aromatic nitrogens is 2. The van der Waals surface area contributed by atoms with E-state index in [-0.39, 0.29) is 5.82 Å². The second kappa shape index (κ2) is 4.05. The highest BCUT2D eigenvalue weighted by atomic mass is 32.1. The SMILES string of the molecule is Nc1c(-c2csc3ccccc23)nc2ccc(F)cn12. The van der Waals surface area contributed by atoms with Gasteiger partial charge in [-0.3, -0.25) is 4.40 Å². The van der Waals surface area contributed by atoms with Crippen LogP contribution in [0.2, 0.25) is 0 Å². The van der Waals surface area contributed by atoms with Crippen LogP contribution in [0.15, 0.2) is 48.0 Å². The highest BCUT2D eigenvalue weighted by molar-refractivity contribution is 7.17. The van der Waals surface area contributed by atoms with E-state index >= 15 is 0 Å². The van der Waals surface area contributed by atoms with E-state index in [9.17, 15) is 4.39 Å². The Morgan fingerprint density at radius 1 is 1.15 bits per heavy atom. The summed E-state index contributed by atoms with van der Waals surface area (Å²) < 4.78 is 16.1. The Kier molecular flexibility index (Phi) is 2.31. The van der Waals surface area contributed by atoms with Gasteiger partial charge in [-0.15, -0.1) is 11.3 Å². The molecular weight excluding hydrogens is 273 g/mol.